The van der Waals surface area contributed by atoms with Gasteiger partial charge in [0.1, 0.15) is 5.75 Å². The van der Waals surface area contributed by atoms with Crippen molar-refractivity contribution in [2.24, 2.45) is 0 Å². The molecule has 0 aliphatic carbocycles. The van der Waals surface area contributed by atoms with Crippen molar-refractivity contribution in [1.29, 1.82) is 5.26 Å². The summed E-state index contributed by atoms with van der Waals surface area (Å²) in [7, 11) is 1.68. The lowest BCUT2D eigenvalue weighted by atomic mass is 10.00. The molecule has 0 aliphatic heterocycles. The van der Waals surface area contributed by atoms with Crippen molar-refractivity contribution in [3.63, 3.8) is 0 Å². The van der Waals surface area contributed by atoms with E-state index in [0.717, 1.165) is 33.5 Å². The molecule has 0 saturated heterocycles. The molecule has 0 amide bonds. The summed E-state index contributed by atoms with van der Waals surface area (Å²) in [4.78, 5) is 0. The zero-order valence-electron chi connectivity index (χ0n) is 13.5. The second-order valence-corrected chi connectivity index (χ2v) is 5.44. The van der Waals surface area contributed by atoms with Crippen LogP contribution in [0.5, 0.6) is 5.75 Å². The molecule has 3 aromatic rings. The Balaban J connectivity index is 1.95. The minimum absolute atomic E-state index is 0.646. The molecule has 0 aromatic heterocycles. The third kappa shape index (κ3) is 3.39. The maximum absolute atomic E-state index is 9.10. The molecule has 0 radical (unpaired) electrons. The third-order valence-electron chi connectivity index (χ3n) is 3.89. The highest BCUT2D eigenvalue weighted by molar-refractivity contribution is 5.91. The molecule has 24 heavy (non-hydrogen) atoms. The first-order valence-electron chi connectivity index (χ1n) is 7.77. The minimum Gasteiger partial charge on any atom is -0.496 e. The van der Waals surface area contributed by atoms with Gasteiger partial charge in [-0.25, -0.2) is 0 Å². The van der Waals surface area contributed by atoms with Crippen molar-refractivity contribution in [3.05, 3.63) is 84.1 Å². The first-order chi connectivity index (χ1) is 11.8. The molecule has 0 bridgehead atoms. The smallest absolute Gasteiger partial charge is 0.126 e. The number of anilines is 1. The summed E-state index contributed by atoms with van der Waals surface area (Å²) < 4.78 is 5.45. The largest absolute Gasteiger partial charge is 0.496 e. The van der Waals surface area contributed by atoms with Crippen LogP contribution in [-0.4, -0.2) is 7.11 Å². The van der Waals surface area contributed by atoms with Gasteiger partial charge in [-0.2, -0.15) is 5.26 Å². The van der Waals surface area contributed by atoms with Crippen LogP contribution in [-0.2, 0) is 6.42 Å². The Morgan fingerprint density at radius 3 is 2.42 bits per heavy atom. The molecular weight excluding hydrogens is 296 g/mol. The van der Waals surface area contributed by atoms with Gasteiger partial charge in [-0.05, 0) is 29.1 Å². The molecule has 1 N–H and O–H groups in total. The fourth-order valence-corrected chi connectivity index (χ4v) is 2.79. The fraction of sp³-hybridized carbons (Fsp3) is 0.0952. The first-order valence-corrected chi connectivity index (χ1v) is 7.77. The van der Waals surface area contributed by atoms with Gasteiger partial charge in [0.05, 0.1) is 13.2 Å². The normalized spacial score (nSPS) is 11.1. The Hall–Kier alpha value is -3.25. The van der Waals surface area contributed by atoms with Crippen molar-refractivity contribution < 1.29 is 4.74 Å². The van der Waals surface area contributed by atoms with Gasteiger partial charge < -0.3 is 10.1 Å². The van der Waals surface area contributed by atoms with E-state index in [1.165, 1.54) is 0 Å². The molecule has 3 rings (SSSR count). The Morgan fingerprint density at radius 1 is 1.00 bits per heavy atom. The summed E-state index contributed by atoms with van der Waals surface area (Å²) in [5.74, 6) is 0.858. The Morgan fingerprint density at radius 2 is 1.71 bits per heavy atom. The average Bonchev–Trinajstić information content (AvgIpc) is 2.63. The van der Waals surface area contributed by atoms with Crippen LogP contribution in [0.2, 0.25) is 0 Å². The number of benzene rings is 3. The van der Waals surface area contributed by atoms with E-state index in [4.69, 9.17) is 10.00 Å². The SMILES string of the molecule is COc1ccc(CC(=CC#N)Nc2ccccc2)c2ccccc12. The standard InChI is InChI=1S/C21H18N2O/c1-24-21-12-11-16(19-9-5-6-10-20(19)21)15-18(13-14-22)23-17-7-3-2-4-8-17/h2-13,23H,15H2,1H3. The summed E-state index contributed by atoms with van der Waals surface area (Å²) in [6.07, 6.45) is 2.21. The minimum atomic E-state index is 0.646. The van der Waals surface area contributed by atoms with Crippen LogP contribution < -0.4 is 10.1 Å². The van der Waals surface area contributed by atoms with Crippen molar-refractivity contribution in [3.8, 4) is 11.8 Å². The first kappa shape index (κ1) is 15.6. The van der Waals surface area contributed by atoms with E-state index in [2.05, 4.69) is 29.6 Å². The molecule has 0 saturated carbocycles. The van der Waals surface area contributed by atoms with E-state index >= 15 is 0 Å². The molecule has 0 spiro atoms. The van der Waals surface area contributed by atoms with Crippen molar-refractivity contribution in [2.75, 3.05) is 12.4 Å². The van der Waals surface area contributed by atoms with Crippen molar-refractivity contribution in [2.45, 2.75) is 6.42 Å². The number of fused-ring (bicyclic) bond motifs is 1. The molecule has 0 fully saturated rings. The van der Waals surface area contributed by atoms with Gasteiger partial charge in [0.25, 0.3) is 0 Å². The predicted molar refractivity (Wildman–Crippen MR) is 98.0 cm³/mol. The molecular formula is C21H18N2O. The molecule has 0 aliphatic rings. The van der Waals surface area contributed by atoms with Crippen LogP contribution in [0, 0.1) is 11.3 Å². The summed E-state index contributed by atoms with van der Waals surface area (Å²) in [5.41, 5.74) is 2.98. The highest BCUT2D eigenvalue weighted by Crippen LogP contribution is 2.29. The monoisotopic (exact) mass is 314 g/mol. The number of para-hydroxylation sites is 1. The van der Waals surface area contributed by atoms with Gasteiger partial charge in [0, 0.05) is 29.3 Å². The molecule has 0 heterocycles. The maximum atomic E-state index is 9.10. The van der Waals surface area contributed by atoms with E-state index in [9.17, 15) is 0 Å². The van der Waals surface area contributed by atoms with Gasteiger partial charge in [0.15, 0.2) is 0 Å². The topological polar surface area (TPSA) is 45.0 Å². The van der Waals surface area contributed by atoms with Gasteiger partial charge in [-0.1, -0.05) is 48.5 Å². The Bertz CT molecular complexity index is 908. The summed E-state index contributed by atoms with van der Waals surface area (Å²) in [6, 6.07) is 24.2. The Labute approximate surface area is 141 Å². The second-order valence-electron chi connectivity index (χ2n) is 5.44. The average molecular weight is 314 g/mol. The zero-order valence-corrected chi connectivity index (χ0v) is 13.5. The lowest BCUT2D eigenvalue weighted by Crippen LogP contribution is -2.03. The van der Waals surface area contributed by atoms with Gasteiger partial charge in [-0.15, -0.1) is 0 Å². The predicted octanol–water partition coefficient (Wildman–Crippen LogP) is 4.91. The van der Waals surface area contributed by atoms with Crippen molar-refractivity contribution >= 4 is 16.5 Å². The zero-order chi connectivity index (χ0) is 16.8. The number of methoxy groups -OCH3 is 1. The number of hydrogen-bond acceptors (Lipinski definition) is 3. The van der Waals surface area contributed by atoms with E-state index in [-0.39, 0.29) is 0 Å². The number of ether oxygens (including phenoxy) is 1. The number of nitriles is 1. The highest BCUT2D eigenvalue weighted by atomic mass is 16.5. The second kappa shape index (κ2) is 7.34. The van der Waals surface area contributed by atoms with Gasteiger partial charge in [0.2, 0.25) is 0 Å². The Kier molecular flexibility index (Phi) is 4.78. The lowest BCUT2D eigenvalue weighted by Gasteiger charge is -2.14. The molecule has 118 valence electrons. The summed E-state index contributed by atoms with van der Waals surface area (Å²) in [6.45, 7) is 0. The van der Waals surface area contributed by atoms with Crippen LogP contribution in [0.15, 0.2) is 78.5 Å². The van der Waals surface area contributed by atoms with E-state index in [1.807, 2.05) is 48.5 Å². The fourth-order valence-electron chi connectivity index (χ4n) is 2.79. The van der Waals surface area contributed by atoms with E-state index in [1.54, 1.807) is 13.2 Å². The molecule has 3 nitrogen and oxygen atoms in total. The molecule has 0 atom stereocenters. The number of rotatable bonds is 5. The molecule has 3 aromatic carbocycles. The third-order valence-corrected chi connectivity index (χ3v) is 3.89. The van der Waals surface area contributed by atoms with E-state index in [0.29, 0.717) is 6.42 Å². The number of nitrogens with one attached hydrogen (secondary N) is 1. The quantitative estimate of drug-likeness (QED) is 0.681. The van der Waals surface area contributed by atoms with Crippen LogP contribution in [0.4, 0.5) is 5.69 Å². The van der Waals surface area contributed by atoms with Gasteiger partial charge in [-0.3, -0.25) is 0 Å². The van der Waals surface area contributed by atoms with Crippen LogP contribution >= 0.6 is 0 Å². The number of hydrogen-bond donors (Lipinski definition) is 1. The van der Waals surface area contributed by atoms with Crippen LogP contribution in [0.1, 0.15) is 5.56 Å². The van der Waals surface area contributed by atoms with Crippen molar-refractivity contribution in [1.82, 2.24) is 0 Å². The summed E-state index contributed by atoms with van der Waals surface area (Å²) >= 11 is 0. The number of nitrogens with zero attached hydrogens (tertiary/aromatic N) is 1. The highest BCUT2D eigenvalue weighted by Gasteiger charge is 2.08. The lowest BCUT2D eigenvalue weighted by molar-refractivity contribution is 0.419. The van der Waals surface area contributed by atoms with E-state index < -0.39 is 0 Å². The molecule has 3 heteroatoms. The molecule has 0 unspecified atom stereocenters. The maximum Gasteiger partial charge on any atom is 0.126 e. The van der Waals surface area contributed by atoms with Crippen LogP contribution in [0.25, 0.3) is 10.8 Å². The number of allylic oxidation sites excluding steroid dienone is 2. The van der Waals surface area contributed by atoms with Crippen LogP contribution in [0.3, 0.4) is 0 Å². The van der Waals surface area contributed by atoms with Gasteiger partial charge >= 0.3 is 0 Å². The summed E-state index contributed by atoms with van der Waals surface area (Å²) in [5, 5.41) is 14.6.